The van der Waals surface area contributed by atoms with E-state index in [1.807, 2.05) is 6.07 Å². The first-order valence-electron chi connectivity index (χ1n) is 4.09. The molecule has 1 rings (SSSR count). The maximum absolute atomic E-state index is 9.24. The molecule has 1 aromatic rings. The Morgan fingerprint density at radius 1 is 1.36 bits per heavy atom. The van der Waals surface area contributed by atoms with E-state index in [1.54, 1.807) is 12.1 Å². The number of rotatable bonds is 4. The lowest BCUT2D eigenvalue weighted by Gasteiger charge is -2.07. The van der Waals surface area contributed by atoms with Gasteiger partial charge in [0.05, 0.1) is 16.1 Å². The summed E-state index contributed by atoms with van der Waals surface area (Å²) in [5.74, 6) is 0.564. The molecule has 0 unspecified atom stereocenters. The number of benzene rings is 1. The van der Waals surface area contributed by atoms with Gasteiger partial charge in [0.15, 0.2) is 0 Å². The molecule has 0 aromatic heterocycles. The molecule has 0 amide bonds. The molecule has 0 saturated heterocycles. The van der Waals surface area contributed by atoms with Gasteiger partial charge in [0.2, 0.25) is 0 Å². The van der Waals surface area contributed by atoms with Crippen molar-refractivity contribution in [3.8, 4) is 0 Å². The zero-order valence-corrected chi connectivity index (χ0v) is 9.74. The third-order valence-corrected chi connectivity index (χ3v) is 3.48. The fourth-order valence-corrected chi connectivity index (χ4v) is 2.08. The predicted molar refractivity (Wildman–Crippen MR) is 62.2 cm³/mol. The normalized spacial score (nSPS) is 12.9. The standard InChI is InChI=1S/C9H11Cl2NOS/c10-8-2-1-7(3-9(8)11)14-5-6(13)4-12/h1-3,6,13H,4-5,12H2/t6-/m1/s1. The van der Waals surface area contributed by atoms with Crippen molar-refractivity contribution in [1.82, 2.24) is 0 Å². The van der Waals surface area contributed by atoms with Gasteiger partial charge in [-0.05, 0) is 18.2 Å². The number of hydrogen-bond acceptors (Lipinski definition) is 3. The highest BCUT2D eigenvalue weighted by molar-refractivity contribution is 7.99. The smallest absolute Gasteiger partial charge is 0.0756 e. The van der Waals surface area contributed by atoms with Crippen molar-refractivity contribution >= 4 is 35.0 Å². The van der Waals surface area contributed by atoms with E-state index >= 15 is 0 Å². The van der Waals surface area contributed by atoms with Crippen LogP contribution in [0.15, 0.2) is 23.1 Å². The third-order valence-electron chi connectivity index (χ3n) is 1.61. The van der Waals surface area contributed by atoms with Gasteiger partial charge in [-0.25, -0.2) is 0 Å². The van der Waals surface area contributed by atoms with E-state index in [0.717, 1.165) is 4.90 Å². The second kappa shape index (κ2) is 5.83. The molecular weight excluding hydrogens is 241 g/mol. The molecule has 0 heterocycles. The number of nitrogens with two attached hydrogens (primary N) is 1. The number of halogens is 2. The van der Waals surface area contributed by atoms with Crippen LogP contribution in [0.3, 0.4) is 0 Å². The minimum atomic E-state index is -0.477. The Bertz CT molecular complexity index is 309. The minimum absolute atomic E-state index is 0.272. The highest BCUT2D eigenvalue weighted by Gasteiger charge is 2.04. The quantitative estimate of drug-likeness (QED) is 0.809. The van der Waals surface area contributed by atoms with Gasteiger partial charge in [-0.15, -0.1) is 11.8 Å². The lowest BCUT2D eigenvalue weighted by atomic mass is 10.4. The molecule has 0 bridgehead atoms. The maximum Gasteiger partial charge on any atom is 0.0756 e. The van der Waals surface area contributed by atoms with Crippen molar-refractivity contribution in [2.45, 2.75) is 11.0 Å². The number of thioether (sulfide) groups is 1. The van der Waals surface area contributed by atoms with Crippen molar-refractivity contribution < 1.29 is 5.11 Å². The van der Waals surface area contributed by atoms with E-state index in [0.29, 0.717) is 15.8 Å². The van der Waals surface area contributed by atoms with E-state index in [1.165, 1.54) is 11.8 Å². The molecule has 2 nitrogen and oxygen atoms in total. The van der Waals surface area contributed by atoms with Gasteiger partial charge in [0.1, 0.15) is 0 Å². The summed E-state index contributed by atoms with van der Waals surface area (Å²) < 4.78 is 0. The van der Waals surface area contributed by atoms with Crippen LogP contribution in [-0.4, -0.2) is 23.5 Å². The van der Waals surface area contributed by atoms with Crippen molar-refractivity contribution in [2.75, 3.05) is 12.3 Å². The summed E-state index contributed by atoms with van der Waals surface area (Å²) in [6, 6.07) is 5.38. The molecule has 0 radical (unpaired) electrons. The lowest BCUT2D eigenvalue weighted by Crippen LogP contribution is -2.21. The molecule has 78 valence electrons. The molecule has 3 N–H and O–H groups in total. The Hall–Kier alpha value is 0.0700. The van der Waals surface area contributed by atoms with Gasteiger partial charge in [-0.3, -0.25) is 0 Å². The summed E-state index contributed by atoms with van der Waals surface area (Å²) in [7, 11) is 0. The van der Waals surface area contributed by atoms with Crippen molar-refractivity contribution in [3.05, 3.63) is 28.2 Å². The average Bonchev–Trinajstić information content (AvgIpc) is 2.19. The molecule has 0 aliphatic heterocycles. The van der Waals surface area contributed by atoms with Crippen LogP contribution in [0, 0.1) is 0 Å². The largest absolute Gasteiger partial charge is 0.391 e. The molecule has 0 aliphatic carbocycles. The lowest BCUT2D eigenvalue weighted by molar-refractivity contribution is 0.208. The summed E-state index contributed by atoms with van der Waals surface area (Å²) >= 11 is 13.1. The summed E-state index contributed by atoms with van der Waals surface area (Å²) in [6.45, 7) is 0.272. The molecule has 5 heteroatoms. The van der Waals surface area contributed by atoms with Crippen LogP contribution in [0.2, 0.25) is 10.0 Å². The van der Waals surface area contributed by atoms with E-state index in [2.05, 4.69) is 0 Å². The number of hydrogen-bond donors (Lipinski definition) is 2. The van der Waals surface area contributed by atoms with Crippen LogP contribution in [0.4, 0.5) is 0 Å². The van der Waals surface area contributed by atoms with Crippen LogP contribution < -0.4 is 5.73 Å². The molecule has 14 heavy (non-hydrogen) atoms. The fraction of sp³-hybridized carbons (Fsp3) is 0.333. The zero-order chi connectivity index (χ0) is 10.6. The Kier molecular flexibility index (Phi) is 5.06. The van der Waals surface area contributed by atoms with E-state index in [9.17, 15) is 5.11 Å². The van der Waals surface area contributed by atoms with Crippen LogP contribution >= 0.6 is 35.0 Å². The van der Waals surface area contributed by atoms with E-state index in [4.69, 9.17) is 28.9 Å². The summed E-state index contributed by atoms with van der Waals surface area (Å²) in [5, 5.41) is 10.3. The van der Waals surface area contributed by atoms with Crippen molar-refractivity contribution in [2.24, 2.45) is 5.73 Å². The highest BCUT2D eigenvalue weighted by atomic mass is 35.5. The fourth-order valence-electron chi connectivity index (χ4n) is 0.827. The molecular formula is C9H11Cl2NOS. The van der Waals surface area contributed by atoms with Crippen LogP contribution in [-0.2, 0) is 0 Å². The second-order valence-corrected chi connectivity index (χ2v) is 4.68. The SMILES string of the molecule is NC[C@@H](O)CSc1ccc(Cl)c(Cl)c1. The molecule has 0 saturated carbocycles. The van der Waals surface area contributed by atoms with Gasteiger partial charge in [-0.2, -0.15) is 0 Å². The van der Waals surface area contributed by atoms with Crippen molar-refractivity contribution in [1.29, 1.82) is 0 Å². The highest BCUT2D eigenvalue weighted by Crippen LogP contribution is 2.28. The van der Waals surface area contributed by atoms with Gasteiger partial charge in [-0.1, -0.05) is 23.2 Å². The van der Waals surface area contributed by atoms with E-state index < -0.39 is 6.10 Å². The topological polar surface area (TPSA) is 46.2 Å². The number of aliphatic hydroxyl groups excluding tert-OH is 1. The average molecular weight is 252 g/mol. The Morgan fingerprint density at radius 2 is 2.07 bits per heavy atom. The molecule has 0 fully saturated rings. The minimum Gasteiger partial charge on any atom is -0.391 e. The number of aliphatic hydroxyl groups is 1. The predicted octanol–water partition coefficient (Wildman–Crippen LogP) is 2.41. The Balaban J connectivity index is 2.55. The van der Waals surface area contributed by atoms with Crippen LogP contribution in [0.25, 0.3) is 0 Å². The first-order chi connectivity index (χ1) is 6.63. The molecule has 1 atom stereocenters. The van der Waals surface area contributed by atoms with Gasteiger partial charge in [0.25, 0.3) is 0 Å². The molecule has 0 aliphatic rings. The summed E-state index contributed by atoms with van der Waals surface area (Å²) in [5.41, 5.74) is 5.28. The van der Waals surface area contributed by atoms with Crippen LogP contribution in [0.1, 0.15) is 0 Å². The van der Waals surface area contributed by atoms with Gasteiger partial charge in [0, 0.05) is 17.2 Å². The monoisotopic (exact) mass is 251 g/mol. The molecule has 1 aromatic carbocycles. The summed E-state index contributed by atoms with van der Waals surface area (Å²) in [6.07, 6.45) is -0.477. The first-order valence-corrected chi connectivity index (χ1v) is 5.83. The molecule has 0 spiro atoms. The summed E-state index contributed by atoms with van der Waals surface area (Å²) in [4.78, 5) is 0.979. The Morgan fingerprint density at radius 3 is 2.64 bits per heavy atom. The Labute approximate surface area is 97.4 Å². The van der Waals surface area contributed by atoms with Gasteiger partial charge >= 0.3 is 0 Å². The first kappa shape index (κ1) is 12.1. The van der Waals surface area contributed by atoms with Crippen LogP contribution in [0.5, 0.6) is 0 Å². The van der Waals surface area contributed by atoms with Gasteiger partial charge < -0.3 is 10.8 Å². The maximum atomic E-state index is 9.24. The van der Waals surface area contributed by atoms with Crippen molar-refractivity contribution in [3.63, 3.8) is 0 Å². The second-order valence-electron chi connectivity index (χ2n) is 2.78. The van der Waals surface area contributed by atoms with E-state index in [-0.39, 0.29) is 6.54 Å². The third kappa shape index (κ3) is 3.67. The zero-order valence-electron chi connectivity index (χ0n) is 7.41.